The van der Waals surface area contributed by atoms with Crippen LogP contribution in [0.25, 0.3) is 0 Å². The number of pyridine rings is 1. The molecule has 20 heavy (non-hydrogen) atoms. The zero-order valence-electron chi connectivity index (χ0n) is 10.8. The first-order valence-electron chi connectivity index (χ1n) is 6.39. The van der Waals surface area contributed by atoms with E-state index in [1.165, 1.54) is 0 Å². The van der Waals surface area contributed by atoms with Gasteiger partial charge >= 0.3 is 0 Å². The maximum atomic E-state index is 9.95. The number of hydrogen-bond acceptors (Lipinski definition) is 7. The molecule has 2 heterocycles. The summed E-state index contributed by atoms with van der Waals surface area (Å²) in [5, 5.41) is 22.8. The lowest BCUT2D eigenvalue weighted by molar-refractivity contribution is -0.158. The summed E-state index contributed by atoms with van der Waals surface area (Å²) >= 11 is 0. The van der Waals surface area contributed by atoms with Crippen LogP contribution >= 0.6 is 8.38 Å². The molecule has 5 N–H and O–H groups in total. The molecule has 0 spiro atoms. The first-order chi connectivity index (χ1) is 9.56. The molecule has 0 aliphatic carbocycles. The monoisotopic (exact) mass is 302 g/mol. The predicted octanol–water partition coefficient (Wildman–Crippen LogP) is 0.0169. The molecule has 112 valence electrons. The Hall–Kier alpha value is -0.820. The van der Waals surface area contributed by atoms with Gasteiger partial charge in [0, 0.05) is 30.7 Å². The number of nitrogens with zero attached hydrogens (tertiary/aromatic N) is 1. The van der Waals surface area contributed by atoms with Crippen molar-refractivity contribution in [2.45, 2.75) is 37.4 Å². The molecular weight excluding hydrogens is 283 g/mol. The molecule has 1 aromatic rings. The van der Waals surface area contributed by atoms with Crippen molar-refractivity contribution in [3.63, 3.8) is 0 Å². The lowest BCUT2D eigenvalue weighted by Crippen LogP contribution is -2.51. The van der Waals surface area contributed by atoms with Crippen molar-refractivity contribution in [2.24, 2.45) is 0 Å². The summed E-state index contributed by atoms with van der Waals surface area (Å²) in [5.41, 5.74) is 0.725. The third-order valence-corrected chi connectivity index (χ3v) is 3.85. The highest BCUT2D eigenvalue weighted by atomic mass is 31.2. The van der Waals surface area contributed by atoms with E-state index in [2.05, 4.69) is 10.3 Å². The molecule has 4 atom stereocenters. The van der Waals surface area contributed by atoms with Gasteiger partial charge in [0.15, 0.2) is 14.6 Å². The molecule has 8 heteroatoms. The van der Waals surface area contributed by atoms with E-state index in [9.17, 15) is 10.2 Å². The van der Waals surface area contributed by atoms with Gasteiger partial charge < -0.3 is 30.1 Å². The van der Waals surface area contributed by atoms with Crippen LogP contribution < -0.4 is 5.32 Å². The van der Waals surface area contributed by atoms with Crippen molar-refractivity contribution in [3.8, 4) is 0 Å². The zero-order valence-corrected chi connectivity index (χ0v) is 11.7. The van der Waals surface area contributed by atoms with Gasteiger partial charge in [0.05, 0.1) is 12.2 Å². The van der Waals surface area contributed by atoms with Gasteiger partial charge in [0.2, 0.25) is 0 Å². The van der Waals surface area contributed by atoms with E-state index in [0.29, 0.717) is 6.42 Å². The molecule has 4 unspecified atom stereocenters. The fraction of sp³-hybridized carbons (Fsp3) is 0.583. The van der Waals surface area contributed by atoms with Crippen molar-refractivity contribution < 1.29 is 24.7 Å². The van der Waals surface area contributed by atoms with E-state index >= 15 is 0 Å². The third-order valence-electron chi connectivity index (χ3n) is 3.19. The van der Waals surface area contributed by atoms with Crippen LogP contribution in [0, 0.1) is 0 Å². The van der Waals surface area contributed by atoms with E-state index in [-0.39, 0.29) is 18.7 Å². The number of ether oxygens (including phenoxy) is 1. The predicted molar refractivity (Wildman–Crippen MR) is 74.0 cm³/mol. The van der Waals surface area contributed by atoms with Crippen LogP contribution in [-0.4, -0.2) is 55.7 Å². The van der Waals surface area contributed by atoms with E-state index in [0.717, 1.165) is 5.69 Å². The van der Waals surface area contributed by atoms with E-state index in [1.54, 1.807) is 24.5 Å². The van der Waals surface area contributed by atoms with Crippen LogP contribution in [0.15, 0.2) is 24.5 Å². The Morgan fingerprint density at radius 3 is 2.65 bits per heavy atom. The lowest BCUT2D eigenvalue weighted by Gasteiger charge is -2.38. The second-order valence-corrected chi connectivity index (χ2v) is 5.93. The molecule has 0 saturated carbocycles. The Balaban J connectivity index is 1.95. The maximum Gasteiger partial charge on any atom is 0.165 e. The summed E-state index contributed by atoms with van der Waals surface area (Å²) in [5.74, 6) is 0. The SMILES string of the molecule is OC1CC(CCP(O)O)OC(Nc2ccncc2)C1O. The van der Waals surface area contributed by atoms with Crippen molar-refractivity contribution in [3.05, 3.63) is 24.5 Å². The van der Waals surface area contributed by atoms with Crippen LogP contribution in [0.3, 0.4) is 0 Å². The van der Waals surface area contributed by atoms with Gasteiger partial charge in [-0.2, -0.15) is 0 Å². The normalized spacial score (nSPS) is 30.4. The fourth-order valence-electron chi connectivity index (χ4n) is 2.13. The molecule has 1 aliphatic rings. The minimum atomic E-state index is -1.97. The molecule has 1 aromatic heterocycles. The number of anilines is 1. The first-order valence-corrected chi connectivity index (χ1v) is 7.83. The average Bonchev–Trinajstić information content (AvgIpc) is 2.43. The maximum absolute atomic E-state index is 9.95. The molecule has 0 radical (unpaired) electrons. The van der Waals surface area contributed by atoms with Crippen LogP contribution in [0.5, 0.6) is 0 Å². The molecule has 1 aliphatic heterocycles. The molecule has 0 aromatic carbocycles. The summed E-state index contributed by atoms with van der Waals surface area (Å²) in [6, 6.07) is 3.46. The molecule has 2 rings (SSSR count). The molecular formula is C12H19N2O5P. The van der Waals surface area contributed by atoms with Gasteiger partial charge in [0.1, 0.15) is 6.10 Å². The van der Waals surface area contributed by atoms with Crippen LogP contribution in [-0.2, 0) is 4.74 Å². The molecule has 0 amide bonds. The molecule has 1 saturated heterocycles. The number of rotatable bonds is 5. The van der Waals surface area contributed by atoms with Crippen LogP contribution in [0.1, 0.15) is 12.8 Å². The van der Waals surface area contributed by atoms with Gasteiger partial charge in [-0.25, -0.2) is 0 Å². The summed E-state index contributed by atoms with van der Waals surface area (Å²) in [6.45, 7) is 0. The highest BCUT2D eigenvalue weighted by Gasteiger charge is 2.36. The average molecular weight is 302 g/mol. The van der Waals surface area contributed by atoms with Crippen LogP contribution in [0.4, 0.5) is 5.69 Å². The smallest absolute Gasteiger partial charge is 0.165 e. The molecule has 7 nitrogen and oxygen atoms in total. The summed E-state index contributed by atoms with van der Waals surface area (Å²) in [7, 11) is -1.97. The fourth-order valence-corrected chi connectivity index (χ4v) is 2.65. The van der Waals surface area contributed by atoms with Crippen molar-refractivity contribution in [1.82, 2.24) is 4.98 Å². The number of aliphatic hydroxyl groups is 2. The molecule has 1 fully saturated rings. The minimum Gasteiger partial charge on any atom is -0.390 e. The van der Waals surface area contributed by atoms with Gasteiger partial charge in [-0.15, -0.1) is 0 Å². The summed E-state index contributed by atoms with van der Waals surface area (Å²) in [4.78, 5) is 21.8. The van der Waals surface area contributed by atoms with Crippen LogP contribution in [0.2, 0.25) is 0 Å². The summed E-state index contributed by atoms with van der Waals surface area (Å²) < 4.78 is 5.67. The Morgan fingerprint density at radius 2 is 2.00 bits per heavy atom. The third kappa shape index (κ3) is 4.34. The van der Waals surface area contributed by atoms with E-state index in [4.69, 9.17) is 14.5 Å². The van der Waals surface area contributed by atoms with E-state index in [1.807, 2.05) is 0 Å². The Kier molecular flexibility index (Phi) is 5.65. The number of nitrogens with one attached hydrogen (secondary N) is 1. The number of aromatic nitrogens is 1. The Labute approximate surface area is 118 Å². The quantitative estimate of drug-likeness (QED) is 0.487. The first kappa shape index (κ1) is 15.6. The molecule has 0 bridgehead atoms. The standard InChI is InChI=1S/C12H19N2O5P/c15-10-7-9(3-6-20(17)18)19-12(11(10)16)14-8-1-4-13-5-2-8/h1-2,4-5,9-12,15-18H,3,6-7H2,(H,13,14). The second kappa shape index (κ2) is 7.26. The number of aliphatic hydroxyl groups excluding tert-OH is 2. The van der Waals surface area contributed by atoms with Gasteiger partial charge in [-0.05, 0) is 18.6 Å². The highest BCUT2D eigenvalue weighted by Crippen LogP contribution is 2.29. The van der Waals surface area contributed by atoms with E-state index < -0.39 is 26.8 Å². The topological polar surface area (TPSA) is 115 Å². The lowest BCUT2D eigenvalue weighted by atomic mass is 10.00. The Bertz CT molecular complexity index is 408. The van der Waals surface area contributed by atoms with Gasteiger partial charge in [-0.3, -0.25) is 4.98 Å². The van der Waals surface area contributed by atoms with Crippen molar-refractivity contribution in [1.29, 1.82) is 0 Å². The summed E-state index contributed by atoms with van der Waals surface area (Å²) in [6.07, 6.45) is 1.14. The zero-order chi connectivity index (χ0) is 14.5. The Morgan fingerprint density at radius 1 is 1.30 bits per heavy atom. The second-order valence-electron chi connectivity index (χ2n) is 4.74. The highest BCUT2D eigenvalue weighted by molar-refractivity contribution is 7.45. The van der Waals surface area contributed by atoms with Gasteiger partial charge in [0.25, 0.3) is 0 Å². The minimum absolute atomic E-state index is 0.227. The largest absolute Gasteiger partial charge is 0.390 e. The number of hydrogen-bond donors (Lipinski definition) is 5. The van der Waals surface area contributed by atoms with Gasteiger partial charge in [-0.1, -0.05) is 0 Å². The van der Waals surface area contributed by atoms with Crippen molar-refractivity contribution >= 4 is 14.1 Å². The van der Waals surface area contributed by atoms with Crippen molar-refractivity contribution in [2.75, 3.05) is 11.5 Å².